The number of rotatable bonds is 6. The Labute approximate surface area is 181 Å². The fourth-order valence-corrected chi connectivity index (χ4v) is 3.39. The number of methoxy groups -OCH3 is 2. The molecule has 0 atom stereocenters. The summed E-state index contributed by atoms with van der Waals surface area (Å²) in [6, 6.07) is 8.47. The molecule has 1 aliphatic rings. The lowest BCUT2D eigenvalue weighted by atomic mass is 9.95. The summed E-state index contributed by atoms with van der Waals surface area (Å²) in [7, 11) is 2.93. The summed E-state index contributed by atoms with van der Waals surface area (Å²) in [6.45, 7) is 1.59. The van der Waals surface area contributed by atoms with Crippen LogP contribution in [0.5, 0.6) is 17.2 Å². The van der Waals surface area contributed by atoms with Crippen molar-refractivity contribution in [3.05, 3.63) is 57.7 Å². The minimum absolute atomic E-state index is 0.226. The van der Waals surface area contributed by atoms with Crippen molar-refractivity contribution < 1.29 is 28.6 Å². The molecule has 2 N–H and O–H groups in total. The predicted molar refractivity (Wildman–Crippen MR) is 112 cm³/mol. The van der Waals surface area contributed by atoms with Crippen LogP contribution in [0.25, 0.3) is 5.57 Å². The zero-order valence-electron chi connectivity index (χ0n) is 16.5. The van der Waals surface area contributed by atoms with Crippen molar-refractivity contribution in [3.63, 3.8) is 0 Å². The summed E-state index contributed by atoms with van der Waals surface area (Å²) in [5.41, 5.74) is 1.99. The van der Waals surface area contributed by atoms with Gasteiger partial charge in [-0.2, -0.15) is 0 Å². The molecule has 1 aliphatic heterocycles. The van der Waals surface area contributed by atoms with E-state index in [0.717, 1.165) is 10.0 Å². The fourth-order valence-electron chi connectivity index (χ4n) is 3.03. The molecule has 2 aromatic rings. The number of halogens is 1. The molecule has 0 unspecified atom stereocenters. The van der Waals surface area contributed by atoms with Gasteiger partial charge < -0.3 is 19.5 Å². The number of imide groups is 1. The van der Waals surface area contributed by atoms with Gasteiger partial charge in [-0.05, 0) is 35.9 Å². The normalized spacial score (nSPS) is 14.1. The van der Waals surface area contributed by atoms with Crippen LogP contribution in [0.4, 0.5) is 0 Å². The molecule has 0 bridgehead atoms. The summed E-state index contributed by atoms with van der Waals surface area (Å²) in [6.07, 6.45) is 1.54. The summed E-state index contributed by atoms with van der Waals surface area (Å²) < 4.78 is 16.6. The lowest BCUT2D eigenvalue weighted by molar-refractivity contribution is -0.132. The van der Waals surface area contributed by atoms with Crippen molar-refractivity contribution in [2.45, 2.75) is 13.5 Å². The Morgan fingerprint density at radius 3 is 2.47 bits per heavy atom. The SMILES string of the molecule is COc1cc(CN/C=C2\C(=O)NC(=O)c3ccc(Br)cc32)cc(OC(C)=O)c1OC. The van der Waals surface area contributed by atoms with Gasteiger partial charge in [-0.1, -0.05) is 15.9 Å². The average molecular weight is 475 g/mol. The lowest BCUT2D eigenvalue weighted by Crippen LogP contribution is -2.37. The van der Waals surface area contributed by atoms with Crippen molar-refractivity contribution in [2.75, 3.05) is 14.2 Å². The van der Waals surface area contributed by atoms with Gasteiger partial charge in [0.05, 0.1) is 19.8 Å². The van der Waals surface area contributed by atoms with Gasteiger partial charge in [-0.3, -0.25) is 19.7 Å². The standard InChI is InChI=1S/C21H19BrN2O6/c1-11(25)30-18-7-12(6-17(28-2)19(18)29-3)9-23-10-16-15-8-13(22)4-5-14(15)20(26)24-21(16)27/h4-8,10,23H,9H2,1-3H3,(H,24,26,27)/b16-10-. The number of esters is 1. The number of carbonyl (C=O) groups is 3. The molecular formula is C21H19BrN2O6. The molecule has 156 valence electrons. The zero-order chi connectivity index (χ0) is 21.8. The molecule has 0 saturated heterocycles. The van der Waals surface area contributed by atoms with Crippen LogP contribution < -0.4 is 24.8 Å². The Bertz CT molecular complexity index is 1060. The van der Waals surface area contributed by atoms with Crippen molar-refractivity contribution in [1.29, 1.82) is 0 Å². The number of ether oxygens (including phenoxy) is 3. The van der Waals surface area contributed by atoms with E-state index in [-0.39, 0.29) is 5.75 Å². The molecule has 8 nitrogen and oxygen atoms in total. The second-order valence-electron chi connectivity index (χ2n) is 6.34. The molecule has 0 fully saturated rings. The molecule has 0 radical (unpaired) electrons. The third-order valence-corrected chi connectivity index (χ3v) is 4.79. The highest BCUT2D eigenvalue weighted by atomic mass is 79.9. The number of hydrogen-bond donors (Lipinski definition) is 2. The van der Waals surface area contributed by atoms with Gasteiger partial charge in [-0.25, -0.2) is 0 Å². The first-order valence-electron chi connectivity index (χ1n) is 8.86. The first-order valence-corrected chi connectivity index (χ1v) is 9.65. The third-order valence-electron chi connectivity index (χ3n) is 4.30. The van der Waals surface area contributed by atoms with Crippen LogP contribution in [0.2, 0.25) is 0 Å². The maximum absolute atomic E-state index is 12.3. The number of nitrogens with one attached hydrogen (secondary N) is 2. The topological polar surface area (TPSA) is 103 Å². The number of carbonyl (C=O) groups excluding carboxylic acids is 3. The van der Waals surface area contributed by atoms with E-state index in [1.165, 1.54) is 27.3 Å². The number of amides is 2. The highest BCUT2D eigenvalue weighted by Crippen LogP contribution is 2.38. The fraction of sp³-hybridized carbons (Fsp3) is 0.190. The lowest BCUT2D eigenvalue weighted by Gasteiger charge is -2.19. The minimum atomic E-state index is -0.494. The highest BCUT2D eigenvalue weighted by molar-refractivity contribution is 9.10. The smallest absolute Gasteiger partial charge is 0.308 e. The van der Waals surface area contributed by atoms with Gasteiger partial charge in [0.15, 0.2) is 11.5 Å². The van der Waals surface area contributed by atoms with Gasteiger partial charge in [0.2, 0.25) is 5.75 Å². The number of fused-ring (bicyclic) bond motifs is 1. The van der Waals surface area contributed by atoms with E-state index in [2.05, 4.69) is 26.6 Å². The molecule has 2 aromatic carbocycles. The molecule has 1 heterocycles. The summed E-state index contributed by atoms with van der Waals surface area (Å²) >= 11 is 3.36. The molecular weight excluding hydrogens is 456 g/mol. The second kappa shape index (κ2) is 9.00. The van der Waals surface area contributed by atoms with E-state index in [1.54, 1.807) is 30.3 Å². The predicted octanol–water partition coefficient (Wildman–Crippen LogP) is 2.79. The zero-order valence-corrected chi connectivity index (χ0v) is 18.1. The highest BCUT2D eigenvalue weighted by Gasteiger charge is 2.27. The minimum Gasteiger partial charge on any atom is -0.493 e. The summed E-state index contributed by atoms with van der Waals surface area (Å²) in [5, 5.41) is 5.38. The molecule has 3 rings (SSSR count). The largest absolute Gasteiger partial charge is 0.493 e. The Morgan fingerprint density at radius 2 is 1.80 bits per heavy atom. The van der Waals surface area contributed by atoms with Gasteiger partial charge >= 0.3 is 5.97 Å². The molecule has 0 spiro atoms. The summed E-state index contributed by atoms with van der Waals surface area (Å²) in [5.74, 6) is -0.497. The van der Waals surface area contributed by atoms with Crippen molar-refractivity contribution in [2.24, 2.45) is 0 Å². The maximum atomic E-state index is 12.3. The quantitative estimate of drug-likeness (QED) is 0.287. The van der Waals surface area contributed by atoms with Gasteiger partial charge in [0.25, 0.3) is 11.8 Å². The van der Waals surface area contributed by atoms with Crippen LogP contribution in [-0.2, 0) is 16.1 Å². The summed E-state index contributed by atoms with van der Waals surface area (Å²) in [4.78, 5) is 35.8. The number of benzene rings is 2. The van der Waals surface area contributed by atoms with Crippen LogP contribution in [0.3, 0.4) is 0 Å². The molecule has 0 aliphatic carbocycles. The first-order chi connectivity index (χ1) is 14.3. The van der Waals surface area contributed by atoms with E-state index >= 15 is 0 Å². The molecule has 0 aromatic heterocycles. The Hall–Kier alpha value is -3.33. The van der Waals surface area contributed by atoms with Gasteiger partial charge in [0, 0.05) is 35.3 Å². The van der Waals surface area contributed by atoms with Crippen LogP contribution >= 0.6 is 15.9 Å². The Morgan fingerprint density at radius 1 is 1.07 bits per heavy atom. The van der Waals surface area contributed by atoms with Crippen molar-refractivity contribution in [1.82, 2.24) is 10.6 Å². The number of hydrogen-bond acceptors (Lipinski definition) is 7. The van der Waals surface area contributed by atoms with Crippen LogP contribution in [0.15, 0.2) is 41.0 Å². The molecule has 0 saturated carbocycles. The molecule has 2 amide bonds. The van der Waals surface area contributed by atoms with Gasteiger partial charge in [-0.15, -0.1) is 0 Å². The third kappa shape index (κ3) is 4.46. The molecule has 9 heteroatoms. The van der Waals surface area contributed by atoms with Crippen LogP contribution in [-0.4, -0.2) is 32.0 Å². The van der Waals surface area contributed by atoms with Gasteiger partial charge in [0.1, 0.15) is 0 Å². The van der Waals surface area contributed by atoms with E-state index in [9.17, 15) is 14.4 Å². The van der Waals surface area contributed by atoms with E-state index < -0.39 is 17.8 Å². The Balaban J connectivity index is 1.89. The monoisotopic (exact) mass is 474 g/mol. The van der Waals surface area contributed by atoms with Crippen LogP contribution in [0.1, 0.15) is 28.4 Å². The Kier molecular flexibility index (Phi) is 6.41. The van der Waals surface area contributed by atoms with Crippen molar-refractivity contribution >= 4 is 39.3 Å². The second-order valence-corrected chi connectivity index (χ2v) is 7.25. The van der Waals surface area contributed by atoms with Crippen LogP contribution in [0, 0.1) is 0 Å². The van der Waals surface area contributed by atoms with Crippen molar-refractivity contribution in [3.8, 4) is 17.2 Å². The average Bonchev–Trinajstić information content (AvgIpc) is 2.69. The molecule has 30 heavy (non-hydrogen) atoms. The maximum Gasteiger partial charge on any atom is 0.308 e. The van der Waals surface area contributed by atoms with E-state index in [4.69, 9.17) is 14.2 Å². The first kappa shape index (κ1) is 21.4. The van der Waals surface area contributed by atoms with E-state index in [1.807, 2.05) is 0 Å². The van der Waals surface area contributed by atoms with E-state index in [0.29, 0.717) is 34.7 Å².